The van der Waals surface area contributed by atoms with Gasteiger partial charge in [-0.1, -0.05) is 12.1 Å². The molecule has 1 N–H and O–H groups in total. The summed E-state index contributed by atoms with van der Waals surface area (Å²) in [4.78, 5) is 13.1. The second-order valence-corrected chi connectivity index (χ2v) is 4.20. The van der Waals surface area contributed by atoms with E-state index in [-0.39, 0.29) is 5.56 Å². The zero-order valence-corrected chi connectivity index (χ0v) is 10.5. The fraction of sp³-hybridized carbons (Fsp3) is 0.154. The van der Waals surface area contributed by atoms with Crippen molar-refractivity contribution in [1.82, 2.24) is 4.98 Å². The summed E-state index contributed by atoms with van der Waals surface area (Å²) >= 11 is 0. The Morgan fingerprint density at radius 1 is 1.00 bits per heavy atom. The SMILES string of the molecule is O=c1cc(-c2cccc(OC(F)(F)F)c2)c(C(F)(F)F)c[nH]1. The number of pyridine rings is 1. The third-order valence-electron chi connectivity index (χ3n) is 2.61. The van der Waals surface area contributed by atoms with Crippen molar-refractivity contribution in [1.29, 1.82) is 0 Å². The first kappa shape index (κ1) is 15.9. The van der Waals surface area contributed by atoms with Gasteiger partial charge in [0, 0.05) is 17.8 Å². The third-order valence-corrected chi connectivity index (χ3v) is 2.61. The number of hydrogen-bond donors (Lipinski definition) is 1. The predicted molar refractivity (Wildman–Crippen MR) is 64.2 cm³/mol. The van der Waals surface area contributed by atoms with Gasteiger partial charge in [-0.25, -0.2) is 0 Å². The third kappa shape index (κ3) is 3.80. The number of H-pyrrole nitrogens is 1. The summed E-state index contributed by atoms with van der Waals surface area (Å²) in [6.07, 6.45) is -9.28. The summed E-state index contributed by atoms with van der Waals surface area (Å²) in [6, 6.07) is 4.62. The van der Waals surface area contributed by atoms with E-state index in [0.717, 1.165) is 24.3 Å². The summed E-state index contributed by atoms with van der Waals surface area (Å²) in [6.45, 7) is 0. The van der Waals surface area contributed by atoms with Gasteiger partial charge < -0.3 is 9.72 Å². The maximum atomic E-state index is 12.9. The van der Waals surface area contributed by atoms with Gasteiger partial charge in [0.2, 0.25) is 5.56 Å². The zero-order chi connectivity index (χ0) is 16.5. The molecule has 0 bridgehead atoms. The molecule has 0 radical (unpaired) electrons. The molecule has 0 aliphatic rings. The second-order valence-electron chi connectivity index (χ2n) is 4.20. The van der Waals surface area contributed by atoms with Crippen LogP contribution in [0.3, 0.4) is 0 Å². The van der Waals surface area contributed by atoms with Gasteiger partial charge in [-0.05, 0) is 17.7 Å². The largest absolute Gasteiger partial charge is 0.573 e. The molecule has 118 valence electrons. The number of benzene rings is 1. The van der Waals surface area contributed by atoms with Crippen molar-refractivity contribution in [3.63, 3.8) is 0 Å². The number of ether oxygens (including phenoxy) is 1. The smallest absolute Gasteiger partial charge is 0.406 e. The Bertz CT molecular complexity index is 732. The van der Waals surface area contributed by atoms with E-state index in [2.05, 4.69) is 4.74 Å². The normalized spacial score (nSPS) is 12.3. The minimum Gasteiger partial charge on any atom is -0.406 e. The van der Waals surface area contributed by atoms with Crippen molar-refractivity contribution in [2.75, 3.05) is 0 Å². The number of aromatic nitrogens is 1. The van der Waals surface area contributed by atoms with Crippen LogP contribution in [0.1, 0.15) is 5.56 Å². The van der Waals surface area contributed by atoms with Crippen molar-refractivity contribution in [3.8, 4) is 16.9 Å². The Morgan fingerprint density at radius 2 is 1.68 bits per heavy atom. The van der Waals surface area contributed by atoms with Gasteiger partial charge in [0.1, 0.15) is 5.75 Å². The minimum absolute atomic E-state index is 0.222. The number of aromatic amines is 1. The standard InChI is InChI=1S/C13H7F6NO2/c14-12(15,16)10-6-20-11(21)5-9(10)7-2-1-3-8(4-7)22-13(17,18)19/h1-6H,(H,20,21). The quantitative estimate of drug-likeness (QED) is 0.850. The van der Waals surface area contributed by atoms with Crippen LogP contribution in [-0.4, -0.2) is 11.3 Å². The highest BCUT2D eigenvalue weighted by molar-refractivity contribution is 5.68. The van der Waals surface area contributed by atoms with Crippen molar-refractivity contribution in [2.45, 2.75) is 12.5 Å². The maximum absolute atomic E-state index is 12.9. The summed E-state index contributed by atoms with van der Waals surface area (Å²) in [5.41, 5.74) is -2.74. The van der Waals surface area contributed by atoms with Crippen LogP contribution in [0.15, 0.2) is 41.3 Å². The van der Waals surface area contributed by atoms with Gasteiger partial charge in [0.05, 0.1) is 5.56 Å². The molecule has 22 heavy (non-hydrogen) atoms. The lowest BCUT2D eigenvalue weighted by Gasteiger charge is -2.14. The lowest BCUT2D eigenvalue weighted by molar-refractivity contribution is -0.274. The van der Waals surface area contributed by atoms with E-state index in [9.17, 15) is 31.1 Å². The van der Waals surface area contributed by atoms with Crippen LogP contribution in [0.25, 0.3) is 11.1 Å². The summed E-state index contributed by atoms with van der Waals surface area (Å²) in [7, 11) is 0. The lowest BCUT2D eigenvalue weighted by atomic mass is 10.0. The first-order valence-electron chi connectivity index (χ1n) is 5.72. The van der Waals surface area contributed by atoms with Crippen molar-refractivity contribution >= 4 is 0 Å². The number of halogens is 6. The molecule has 0 amide bonds. The Hall–Kier alpha value is -2.45. The van der Waals surface area contributed by atoms with Crippen molar-refractivity contribution < 1.29 is 31.1 Å². The fourth-order valence-corrected chi connectivity index (χ4v) is 1.81. The molecule has 0 saturated heterocycles. The van der Waals surface area contributed by atoms with E-state index >= 15 is 0 Å². The molecule has 0 aliphatic heterocycles. The topological polar surface area (TPSA) is 42.1 Å². The summed E-state index contributed by atoms with van der Waals surface area (Å²) in [5, 5.41) is 0. The minimum atomic E-state index is -4.97. The predicted octanol–water partition coefficient (Wildman–Crippen LogP) is 3.96. The molecule has 0 unspecified atom stereocenters. The van der Waals surface area contributed by atoms with E-state index < -0.39 is 35.0 Å². The van der Waals surface area contributed by atoms with E-state index in [1.807, 2.05) is 4.98 Å². The molecule has 9 heteroatoms. The molecule has 2 rings (SSSR count). The highest BCUT2D eigenvalue weighted by Crippen LogP contribution is 2.37. The van der Waals surface area contributed by atoms with Crippen LogP contribution in [0.5, 0.6) is 5.75 Å². The van der Waals surface area contributed by atoms with Crippen molar-refractivity contribution in [2.24, 2.45) is 0 Å². The van der Waals surface area contributed by atoms with E-state index in [1.165, 1.54) is 0 Å². The molecule has 0 fully saturated rings. The molecular formula is C13H7F6NO2. The molecule has 0 spiro atoms. The number of rotatable bonds is 2. The highest BCUT2D eigenvalue weighted by Gasteiger charge is 2.35. The molecule has 1 heterocycles. The molecule has 0 aliphatic carbocycles. The summed E-state index contributed by atoms with van der Waals surface area (Å²) < 4.78 is 78.8. The van der Waals surface area contributed by atoms with Gasteiger partial charge in [0.25, 0.3) is 0 Å². The monoisotopic (exact) mass is 323 g/mol. The molecular weight excluding hydrogens is 316 g/mol. The first-order valence-corrected chi connectivity index (χ1v) is 5.72. The summed E-state index contributed by atoms with van der Waals surface area (Å²) in [5.74, 6) is -0.682. The fourth-order valence-electron chi connectivity index (χ4n) is 1.81. The van der Waals surface area contributed by atoms with Gasteiger partial charge in [0.15, 0.2) is 0 Å². The van der Waals surface area contributed by atoms with Crippen LogP contribution >= 0.6 is 0 Å². The first-order chi connectivity index (χ1) is 10.1. The average molecular weight is 323 g/mol. The van der Waals surface area contributed by atoms with Crippen LogP contribution in [0.2, 0.25) is 0 Å². The van der Waals surface area contributed by atoms with Gasteiger partial charge >= 0.3 is 12.5 Å². The van der Waals surface area contributed by atoms with Gasteiger partial charge in [-0.3, -0.25) is 4.79 Å². The van der Waals surface area contributed by atoms with Crippen molar-refractivity contribution in [3.05, 3.63) is 52.4 Å². The van der Waals surface area contributed by atoms with Crippen LogP contribution < -0.4 is 10.3 Å². The number of hydrogen-bond acceptors (Lipinski definition) is 2. The maximum Gasteiger partial charge on any atom is 0.573 e. The second kappa shape index (κ2) is 5.39. The average Bonchev–Trinajstić information content (AvgIpc) is 2.35. The van der Waals surface area contributed by atoms with Gasteiger partial charge in [-0.2, -0.15) is 13.2 Å². The number of alkyl halides is 6. The Morgan fingerprint density at radius 3 is 2.27 bits per heavy atom. The number of nitrogens with one attached hydrogen (secondary N) is 1. The highest BCUT2D eigenvalue weighted by atomic mass is 19.4. The molecule has 0 atom stereocenters. The Kier molecular flexibility index (Phi) is 3.90. The lowest BCUT2D eigenvalue weighted by Crippen LogP contribution is -2.17. The molecule has 3 nitrogen and oxygen atoms in total. The Balaban J connectivity index is 2.55. The van der Waals surface area contributed by atoms with Crippen LogP contribution in [0, 0.1) is 0 Å². The van der Waals surface area contributed by atoms with Crippen LogP contribution in [0.4, 0.5) is 26.3 Å². The van der Waals surface area contributed by atoms with E-state index in [0.29, 0.717) is 12.3 Å². The molecule has 1 aromatic carbocycles. The molecule has 1 aromatic heterocycles. The molecule has 2 aromatic rings. The van der Waals surface area contributed by atoms with E-state index in [1.54, 1.807) is 0 Å². The van der Waals surface area contributed by atoms with E-state index in [4.69, 9.17) is 0 Å². The molecule has 0 saturated carbocycles. The Labute approximate surface area is 119 Å². The zero-order valence-electron chi connectivity index (χ0n) is 10.5. The van der Waals surface area contributed by atoms with Crippen LogP contribution in [-0.2, 0) is 6.18 Å². The van der Waals surface area contributed by atoms with Gasteiger partial charge in [-0.15, -0.1) is 13.2 Å².